The third kappa shape index (κ3) is 14.2. The molecule has 0 spiro atoms. The van der Waals surface area contributed by atoms with Gasteiger partial charge in [0, 0.05) is 13.3 Å². The minimum absolute atomic E-state index is 0.163. The summed E-state index contributed by atoms with van der Waals surface area (Å²) >= 11 is 0. The monoisotopic (exact) mass is 442 g/mol. The molecule has 1 aliphatic heterocycles. The smallest absolute Gasteiger partial charge is 0.308 e. The van der Waals surface area contributed by atoms with Gasteiger partial charge in [0.05, 0.1) is 13.0 Å². The molecule has 0 unspecified atom stereocenters. The predicted molar refractivity (Wildman–Crippen MR) is 123 cm³/mol. The van der Waals surface area contributed by atoms with Gasteiger partial charge in [0.1, 0.15) is 12.7 Å². The lowest BCUT2D eigenvalue weighted by Gasteiger charge is -2.16. The third-order valence-corrected chi connectivity index (χ3v) is 4.05. The zero-order valence-corrected chi connectivity index (χ0v) is 19.6. The Morgan fingerprint density at radius 1 is 1.12 bits per heavy atom. The van der Waals surface area contributed by atoms with Crippen LogP contribution in [-0.2, 0) is 28.5 Å². The van der Waals surface area contributed by atoms with Crippen LogP contribution in [0.2, 0.25) is 0 Å². The largest absolute Gasteiger partial charge is 0.463 e. The summed E-state index contributed by atoms with van der Waals surface area (Å²) in [6.45, 7) is 7.63. The van der Waals surface area contributed by atoms with E-state index in [0.29, 0.717) is 19.4 Å². The van der Waals surface area contributed by atoms with E-state index in [1.165, 1.54) is 6.92 Å². The topological polar surface area (TPSA) is 71.1 Å². The molecule has 6 heteroatoms. The predicted octanol–water partition coefficient (Wildman–Crippen LogP) is 4.61. The van der Waals surface area contributed by atoms with Gasteiger partial charge in [-0.2, -0.15) is 0 Å². The summed E-state index contributed by atoms with van der Waals surface area (Å²) < 4.78 is 21.3. The van der Waals surface area contributed by atoms with Gasteiger partial charge in [-0.15, -0.1) is 0 Å². The number of esters is 2. The highest BCUT2D eigenvalue weighted by Crippen LogP contribution is 2.22. The van der Waals surface area contributed by atoms with Crippen molar-refractivity contribution >= 4 is 11.9 Å². The van der Waals surface area contributed by atoms with Crippen LogP contribution in [0.5, 0.6) is 0 Å². The van der Waals surface area contributed by atoms with Gasteiger partial charge in [-0.3, -0.25) is 9.59 Å². The quantitative estimate of drug-likeness (QED) is 0.153. The third-order valence-electron chi connectivity index (χ3n) is 4.05. The first-order chi connectivity index (χ1) is 15.3. The highest BCUT2D eigenvalue weighted by atomic mass is 16.7. The fourth-order valence-electron chi connectivity index (χ4n) is 2.61. The van der Waals surface area contributed by atoms with Gasteiger partial charge in [0.2, 0.25) is 0 Å². The van der Waals surface area contributed by atoms with Crippen LogP contribution < -0.4 is 0 Å². The molecule has 0 aromatic heterocycles. The number of carbonyl (C=O) groups is 2. The van der Waals surface area contributed by atoms with E-state index in [4.69, 9.17) is 18.9 Å². The minimum Gasteiger partial charge on any atom is -0.463 e. The van der Waals surface area contributed by atoms with Crippen LogP contribution in [0.25, 0.3) is 0 Å². The molecule has 1 atom stereocenters. The van der Waals surface area contributed by atoms with E-state index in [-0.39, 0.29) is 30.9 Å². The molecule has 0 aromatic rings. The minimum atomic E-state index is -0.636. The number of ether oxygens (including phenoxy) is 4. The molecule has 0 amide bonds. The van der Waals surface area contributed by atoms with E-state index in [2.05, 4.69) is 54.9 Å². The normalized spacial score (nSPS) is 17.5. The van der Waals surface area contributed by atoms with Crippen LogP contribution in [0, 0.1) is 23.7 Å². The number of carbonyl (C=O) groups excluding carboxylic acids is 2. The molecular formula is C26H34O6. The Balaban J connectivity index is 2.35. The molecule has 1 aliphatic rings. The van der Waals surface area contributed by atoms with Crippen LogP contribution in [0.1, 0.15) is 66.2 Å². The van der Waals surface area contributed by atoms with Gasteiger partial charge in [0.15, 0.2) is 11.5 Å². The summed E-state index contributed by atoms with van der Waals surface area (Å²) in [6.07, 6.45) is 13.9. The van der Waals surface area contributed by atoms with Crippen molar-refractivity contribution in [3.8, 4) is 23.7 Å². The Hall–Kier alpha value is -2.80. The van der Waals surface area contributed by atoms with Crippen LogP contribution in [0.4, 0.5) is 0 Å². The first-order valence-corrected chi connectivity index (χ1v) is 11.0. The van der Waals surface area contributed by atoms with Crippen LogP contribution in [0.3, 0.4) is 0 Å². The Morgan fingerprint density at radius 3 is 2.59 bits per heavy atom. The van der Waals surface area contributed by atoms with Crippen LogP contribution in [-0.4, -0.2) is 37.0 Å². The van der Waals surface area contributed by atoms with E-state index in [1.807, 2.05) is 13.8 Å². The molecular weight excluding hydrogens is 408 g/mol. The van der Waals surface area contributed by atoms with Crippen molar-refractivity contribution in [2.75, 3.05) is 13.2 Å². The number of allylic oxidation sites excluding steroid dienone is 6. The number of hydrogen-bond acceptors (Lipinski definition) is 6. The Labute approximate surface area is 192 Å². The maximum absolute atomic E-state index is 11.8. The SMILES string of the molecule is CC/C=C\C/C=C\CC/C=C(\C#CC#CCCC(=O)OC[C@H]1COC(C)(C)O1)OC(C)=O. The van der Waals surface area contributed by atoms with Crippen molar-refractivity contribution in [2.24, 2.45) is 0 Å². The fraction of sp³-hybridized carbons (Fsp3) is 0.538. The Bertz CT molecular complexity index is 811. The van der Waals surface area contributed by atoms with Crippen molar-refractivity contribution in [2.45, 2.75) is 78.1 Å². The van der Waals surface area contributed by atoms with E-state index in [1.54, 1.807) is 6.08 Å². The summed E-state index contributed by atoms with van der Waals surface area (Å²) in [4.78, 5) is 23.0. The molecule has 174 valence electrons. The number of hydrogen-bond donors (Lipinski definition) is 0. The zero-order valence-electron chi connectivity index (χ0n) is 19.6. The first kappa shape index (κ1) is 27.2. The van der Waals surface area contributed by atoms with Gasteiger partial charge in [-0.05, 0) is 63.4 Å². The lowest BCUT2D eigenvalue weighted by atomic mass is 10.2. The standard InChI is InChI=1S/C26H34O6/c1-5-6-7-8-9-10-11-14-17-23(31-22(2)27)18-15-12-13-16-19-25(28)29-20-24-21-30-26(3,4)32-24/h6-7,9-10,17,24H,5,8,11,14,16,19-21H2,1-4H3/b7-6-,10-9-,23-17+/t24-/m0/s1. The second-order valence-electron chi connectivity index (χ2n) is 7.51. The van der Waals surface area contributed by atoms with Crippen molar-refractivity contribution in [1.29, 1.82) is 0 Å². The highest BCUT2D eigenvalue weighted by molar-refractivity contribution is 5.69. The summed E-state index contributed by atoms with van der Waals surface area (Å²) in [5, 5.41) is 0. The zero-order chi connectivity index (χ0) is 23.7. The van der Waals surface area contributed by atoms with Crippen molar-refractivity contribution < 1.29 is 28.5 Å². The van der Waals surface area contributed by atoms with E-state index < -0.39 is 11.8 Å². The average molecular weight is 443 g/mol. The number of rotatable bonds is 11. The molecule has 32 heavy (non-hydrogen) atoms. The second-order valence-corrected chi connectivity index (χ2v) is 7.51. The highest BCUT2D eigenvalue weighted by Gasteiger charge is 2.33. The summed E-state index contributed by atoms with van der Waals surface area (Å²) in [7, 11) is 0. The summed E-state index contributed by atoms with van der Waals surface area (Å²) in [6, 6.07) is 0. The molecule has 1 heterocycles. The molecule has 0 aliphatic carbocycles. The molecule has 6 nitrogen and oxygen atoms in total. The molecule has 0 aromatic carbocycles. The molecule has 1 rings (SSSR count). The van der Waals surface area contributed by atoms with Gasteiger partial charge < -0.3 is 18.9 Å². The Kier molecular flexibility index (Phi) is 13.5. The Morgan fingerprint density at radius 2 is 1.91 bits per heavy atom. The van der Waals surface area contributed by atoms with E-state index in [0.717, 1.165) is 19.3 Å². The van der Waals surface area contributed by atoms with Crippen LogP contribution in [0.15, 0.2) is 36.1 Å². The van der Waals surface area contributed by atoms with Crippen molar-refractivity contribution in [3.63, 3.8) is 0 Å². The average Bonchev–Trinajstić information content (AvgIpc) is 3.09. The van der Waals surface area contributed by atoms with Crippen molar-refractivity contribution in [1.82, 2.24) is 0 Å². The van der Waals surface area contributed by atoms with Crippen molar-refractivity contribution in [3.05, 3.63) is 36.1 Å². The maximum atomic E-state index is 11.8. The van der Waals surface area contributed by atoms with Crippen LogP contribution >= 0.6 is 0 Å². The summed E-state index contributed by atoms with van der Waals surface area (Å²) in [5.74, 6) is 9.73. The number of unbranched alkanes of at least 4 members (excludes halogenated alkanes) is 1. The fourth-order valence-corrected chi connectivity index (χ4v) is 2.61. The molecule has 0 bridgehead atoms. The lowest BCUT2D eigenvalue weighted by Crippen LogP contribution is -2.25. The van der Waals surface area contributed by atoms with E-state index in [9.17, 15) is 9.59 Å². The molecule has 1 fully saturated rings. The molecule has 1 saturated heterocycles. The maximum Gasteiger partial charge on any atom is 0.308 e. The first-order valence-electron chi connectivity index (χ1n) is 11.0. The second kappa shape index (κ2) is 15.9. The van der Waals surface area contributed by atoms with Gasteiger partial charge in [-0.25, -0.2) is 0 Å². The summed E-state index contributed by atoms with van der Waals surface area (Å²) in [5.41, 5.74) is 0. The molecule has 0 saturated carbocycles. The lowest BCUT2D eigenvalue weighted by molar-refractivity contribution is -0.158. The molecule has 0 radical (unpaired) electrons. The van der Waals surface area contributed by atoms with Gasteiger partial charge in [-0.1, -0.05) is 37.1 Å². The molecule has 0 N–H and O–H groups in total. The van der Waals surface area contributed by atoms with Gasteiger partial charge in [0.25, 0.3) is 0 Å². The van der Waals surface area contributed by atoms with Gasteiger partial charge >= 0.3 is 11.9 Å². The van der Waals surface area contributed by atoms with E-state index >= 15 is 0 Å².